The molecule has 9 nitrogen and oxygen atoms in total. The third kappa shape index (κ3) is 5.68. The molecule has 0 radical (unpaired) electrons. The van der Waals surface area contributed by atoms with Gasteiger partial charge in [0.15, 0.2) is 0 Å². The molecule has 1 unspecified atom stereocenters. The number of rotatable bonds is 8. The first kappa shape index (κ1) is 26.8. The van der Waals surface area contributed by atoms with Crippen molar-refractivity contribution in [1.82, 2.24) is 9.55 Å². The van der Waals surface area contributed by atoms with Gasteiger partial charge in [0.25, 0.3) is 10.0 Å². The van der Waals surface area contributed by atoms with E-state index in [1.165, 1.54) is 18.2 Å². The number of hydrogen-bond donors (Lipinski definition) is 2. The lowest BCUT2D eigenvalue weighted by atomic mass is 10.2. The van der Waals surface area contributed by atoms with Crippen LogP contribution in [0, 0.1) is 0 Å². The van der Waals surface area contributed by atoms with Crippen LogP contribution in [0.5, 0.6) is 0 Å². The van der Waals surface area contributed by atoms with Gasteiger partial charge in [0.1, 0.15) is 12.1 Å². The molecule has 0 aliphatic rings. The number of halogens is 2. The van der Waals surface area contributed by atoms with Crippen LogP contribution in [0.4, 0.5) is 5.69 Å². The average Bonchev–Trinajstić information content (AvgIpc) is 3.24. The summed E-state index contributed by atoms with van der Waals surface area (Å²) < 4.78 is 53.3. The van der Waals surface area contributed by atoms with Crippen LogP contribution in [0.1, 0.15) is 6.92 Å². The zero-order valence-corrected chi connectivity index (χ0v) is 22.7. The minimum atomic E-state index is -4.81. The molecule has 0 aliphatic carbocycles. The number of anilines is 1. The van der Waals surface area contributed by atoms with E-state index in [0.717, 1.165) is 12.1 Å². The van der Waals surface area contributed by atoms with Crippen LogP contribution in [-0.4, -0.2) is 44.0 Å². The minimum absolute atomic E-state index is 0.0356. The number of hydrogen-bond acceptors (Lipinski definition) is 5. The Morgan fingerprint density at radius 3 is 2.39 bits per heavy atom. The summed E-state index contributed by atoms with van der Waals surface area (Å²) in [4.78, 5) is 23.9. The summed E-state index contributed by atoms with van der Waals surface area (Å²) in [6.45, 7) is 1.82. The summed E-state index contributed by atoms with van der Waals surface area (Å²) in [6.07, 6.45) is 2.19. The molecule has 0 bridgehead atoms. The second kappa shape index (κ2) is 10.3. The molecule has 14 heteroatoms. The fraction of sp³-hybridized carbons (Fsp3) is 0.136. The highest BCUT2D eigenvalue weighted by Gasteiger charge is 2.32. The molecule has 1 atom stereocenters. The van der Waals surface area contributed by atoms with E-state index in [9.17, 15) is 27.0 Å². The Bertz CT molecular complexity index is 1620. The lowest BCUT2D eigenvalue weighted by Crippen LogP contribution is -2.32. The van der Waals surface area contributed by atoms with Crippen LogP contribution in [-0.2, 0) is 25.4 Å². The third-order valence-corrected chi connectivity index (χ3v) is 9.52. The molecule has 2 aromatic carbocycles. The Balaban J connectivity index is 1.81. The average molecular weight is 588 g/mol. The predicted octanol–water partition coefficient (Wildman–Crippen LogP) is 4.79. The highest BCUT2D eigenvalue weighted by atomic mass is 35.5. The second-order valence-electron chi connectivity index (χ2n) is 7.68. The van der Waals surface area contributed by atoms with E-state index >= 15 is 0 Å². The third-order valence-electron chi connectivity index (χ3n) is 5.19. The molecule has 0 amide bonds. The van der Waals surface area contributed by atoms with Crippen LogP contribution < -0.4 is 4.31 Å². The molecule has 190 valence electrons. The maximum Gasteiger partial charge on any atom is 0.345 e. The zero-order valence-electron chi connectivity index (χ0n) is 18.7. The fourth-order valence-electron chi connectivity index (χ4n) is 3.59. The molecule has 0 saturated carbocycles. The summed E-state index contributed by atoms with van der Waals surface area (Å²) >= 11 is 11.9. The van der Waals surface area contributed by atoms with Gasteiger partial charge in [-0.15, -0.1) is 0 Å². The Kier molecular flexibility index (Phi) is 7.64. The summed E-state index contributed by atoms with van der Waals surface area (Å²) in [5, 5.41) is 0.707. The standard InChI is InChI=1S/C22H20Cl2N3O6PS2/c1-2-35(31)19-5-7-25-22(13-19)26-8-6-15-9-18(3-4-21(15)26)27(14-34(28,29)30)36(32,33)20-11-16(23)10-17(24)12-20/h3-13H,2,14H2,1H3,(H2,28,29,30). The molecular weight excluding hydrogens is 568 g/mol. The molecule has 2 heterocycles. The Morgan fingerprint density at radius 1 is 1.06 bits per heavy atom. The molecular formula is C22H20Cl2N3O6PS2. The SMILES string of the molecule is CCS(=O)c1ccnc(-n2ccc3cc(N(CP(=O)(O)O)S(=O)(=O)c4cc(Cl)cc(Cl)c4)ccc32)c1. The van der Waals surface area contributed by atoms with Crippen molar-refractivity contribution in [2.24, 2.45) is 0 Å². The molecule has 36 heavy (non-hydrogen) atoms. The van der Waals surface area contributed by atoms with Gasteiger partial charge in [-0.1, -0.05) is 30.1 Å². The van der Waals surface area contributed by atoms with E-state index in [4.69, 9.17) is 23.2 Å². The van der Waals surface area contributed by atoms with Gasteiger partial charge in [-0.3, -0.25) is 13.1 Å². The predicted molar refractivity (Wildman–Crippen MR) is 141 cm³/mol. The molecule has 4 aromatic rings. The van der Waals surface area contributed by atoms with Crippen molar-refractivity contribution in [3.05, 3.63) is 77.0 Å². The molecule has 2 aromatic heterocycles. The highest BCUT2D eigenvalue weighted by Crippen LogP contribution is 2.40. The van der Waals surface area contributed by atoms with Gasteiger partial charge in [0, 0.05) is 38.5 Å². The number of sulfonamides is 1. The zero-order chi connectivity index (χ0) is 26.3. The monoisotopic (exact) mass is 587 g/mol. The van der Waals surface area contributed by atoms with Gasteiger partial charge in [-0.25, -0.2) is 13.4 Å². The lowest BCUT2D eigenvalue weighted by molar-refractivity contribution is 0.373. The lowest BCUT2D eigenvalue weighted by Gasteiger charge is -2.25. The number of pyridine rings is 1. The van der Waals surface area contributed by atoms with E-state index in [1.807, 2.05) is 6.92 Å². The second-order valence-corrected chi connectivity index (χ2v) is 13.8. The van der Waals surface area contributed by atoms with Gasteiger partial charge in [0.05, 0.1) is 26.9 Å². The number of fused-ring (bicyclic) bond motifs is 1. The van der Waals surface area contributed by atoms with Gasteiger partial charge >= 0.3 is 7.60 Å². The quantitative estimate of drug-likeness (QED) is 0.283. The van der Waals surface area contributed by atoms with Crippen molar-refractivity contribution in [2.75, 3.05) is 16.3 Å². The van der Waals surface area contributed by atoms with E-state index in [2.05, 4.69) is 4.98 Å². The first-order valence-electron chi connectivity index (χ1n) is 10.4. The van der Waals surface area contributed by atoms with Crippen molar-refractivity contribution >= 4 is 68.2 Å². The van der Waals surface area contributed by atoms with Gasteiger partial charge in [0.2, 0.25) is 0 Å². The Morgan fingerprint density at radius 2 is 1.75 bits per heavy atom. The number of benzene rings is 2. The van der Waals surface area contributed by atoms with Gasteiger partial charge < -0.3 is 14.4 Å². The van der Waals surface area contributed by atoms with Crippen molar-refractivity contribution in [2.45, 2.75) is 16.7 Å². The molecule has 0 fully saturated rings. The van der Waals surface area contributed by atoms with Crippen molar-refractivity contribution in [3.63, 3.8) is 0 Å². The maximum atomic E-state index is 13.4. The summed E-state index contributed by atoms with van der Waals surface area (Å²) in [7, 11) is -10.4. The maximum absolute atomic E-state index is 13.4. The highest BCUT2D eigenvalue weighted by molar-refractivity contribution is 7.93. The van der Waals surface area contributed by atoms with Gasteiger partial charge in [-0.2, -0.15) is 0 Å². The Labute approximate surface area is 220 Å². The van der Waals surface area contributed by atoms with E-state index in [-0.39, 0.29) is 20.6 Å². The van der Waals surface area contributed by atoms with Gasteiger partial charge in [-0.05, 0) is 54.6 Å². The molecule has 4 rings (SSSR count). The van der Waals surface area contributed by atoms with Crippen LogP contribution in [0.3, 0.4) is 0 Å². The smallest absolute Gasteiger partial charge is 0.323 e. The normalized spacial score (nSPS) is 13.1. The van der Waals surface area contributed by atoms with Crippen LogP contribution >= 0.6 is 30.8 Å². The summed E-state index contributed by atoms with van der Waals surface area (Å²) in [5.74, 6) is 0.978. The summed E-state index contributed by atoms with van der Waals surface area (Å²) in [5.41, 5.74) is 0.693. The first-order chi connectivity index (χ1) is 16.9. The van der Waals surface area contributed by atoms with Crippen molar-refractivity contribution in [1.29, 1.82) is 0 Å². The largest absolute Gasteiger partial charge is 0.345 e. The minimum Gasteiger partial charge on any atom is -0.323 e. The Hall–Kier alpha value is -2.24. The van der Waals surface area contributed by atoms with Crippen molar-refractivity contribution in [3.8, 4) is 5.82 Å². The van der Waals surface area contributed by atoms with Crippen molar-refractivity contribution < 1.29 is 27.0 Å². The van der Waals surface area contributed by atoms with E-state index < -0.39 is 34.7 Å². The molecule has 2 N–H and O–H groups in total. The number of nitrogens with zero attached hydrogens (tertiary/aromatic N) is 3. The van der Waals surface area contributed by atoms with Crippen LogP contribution in [0.2, 0.25) is 10.0 Å². The summed E-state index contributed by atoms with van der Waals surface area (Å²) in [6, 6.07) is 13.3. The molecule has 0 spiro atoms. The topological polar surface area (TPSA) is 130 Å². The molecule has 0 saturated heterocycles. The number of aromatic nitrogens is 2. The van der Waals surface area contributed by atoms with Crippen LogP contribution in [0.15, 0.2) is 76.8 Å². The van der Waals surface area contributed by atoms with Crippen LogP contribution in [0.25, 0.3) is 16.7 Å². The van der Waals surface area contributed by atoms with E-state index in [0.29, 0.717) is 31.7 Å². The fourth-order valence-corrected chi connectivity index (χ4v) is 7.79. The van der Waals surface area contributed by atoms with E-state index in [1.54, 1.807) is 41.2 Å². The first-order valence-corrected chi connectivity index (χ1v) is 15.7. The molecule has 0 aliphatic heterocycles.